The molecule has 7 heterocycles. The van der Waals surface area contributed by atoms with Gasteiger partial charge < -0.3 is 5.11 Å². The van der Waals surface area contributed by atoms with Crippen molar-refractivity contribution in [3.05, 3.63) is 366 Å². The summed E-state index contributed by atoms with van der Waals surface area (Å²) in [6.45, 7) is 12.4. The minimum atomic E-state index is -0.472. The van der Waals surface area contributed by atoms with E-state index in [0.29, 0.717) is 16.8 Å². The molecule has 0 fully saturated rings. The Balaban J connectivity index is 0.000000112. The smallest absolute Gasteiger partial charge is 0.189 e. The van der Waals surface area contributed by atoms with Gasteiger partial charge in [0.15, 0.2) is 11.5 Å². The van der Waals surface area contributed by atoms with Crippen molar-refractivity contribution < 1.29 is 14.7 Å². The monoisotopic (exact) mass is 1850 g/mol. The van der Waals surface area contributed by atoms with E-state index in [1.54, 1.807) is 63.6 Å². The summed E-state index contributed by atoms with van der Waals surface area (Å²) in [7, 11) is 0. The summed E-state index contributed by atoms with van der Waals surface area (Å²) in [5.41, 5.74) is 24.1. The quantitative estimate of drug-likeness (QED) is 0.0756. The maximum absolute atomic E-state index is 11.4. The molecule has 0 radical (unpaired) electrons. The molecule has 19 aromatic rings. The summed E-state index contributed by atoms with van der Waals surface area (Å²) in [5.74, 6) is 0.0545. The van der Waals surface area contributed by atoms with Crippen LogP contribution >= 0.6 is 95.6 Å². The predicted molar refractivity (Wildman–Crippen MR) is 467 cm³/mol. The predicted octanol–water partition coefficient (Wildman–Crippen LogP) is 24.0. The number of hydrogen-bond donors (Lipinski definition) is 2. The van der Waals surface area contributed by atoms with E-state index in [9.17, 15) is 14.7 Å². The zero-order valence-corrected chi connectivity index (χ0v) is 69.3. The SMILES string of the molecule is Brc1cccc(-n2cnc3cc(-c4ccn[nH]4)ccc32)c1.CC(=O)c1ccc2c(c1)ncn2-c1cccc(Br)c1.CC(O)c1ccc2c(c1)ncn2-c1cccc(Br)c1.Cc1ccc2c(c1)ncn2-c1cccc(Br)c1.O=Cc1ccc2c(c1)ncn2-c1cccc(Br)c1.[C-]#[N+]c1ccc2c(c1)ncn2-c1cccc(Br)c1. The molecule has 0 aliphatic rings. The molecule has 0 bridgehead atoms. The first-order chi connectivity index (χ1) is 54.4. The molecule has 2 N–H and O–H groups in total. The van der Waals surface area contributed by atoms with Gasteiger partial charge in [-0.1, -0.05) is 156 Å². The Morgan fingerprint density at radius 1 is 0.411 bits per heavy atom. The first-order valence-electron chi connectivity index (χ1n) is 34.8. The van der Waals surface area contributed by atoms with Crippen molar-refractivity contribution >= 4 is 180 Å². The van der Waals surface area contributed by atoms with E-state index in [-0.39, 0.29) is 5.78 Å². The zero-order valence-electron chi connectivity index (χ0n) is 59.8. The van der Waals surface area contributed by atoms with Crippen LogP contribution in [0.3, 0.4) is 0 Å². The van der Waals surface area contributed by atoms with E-state index < -0.39 is 6.10 Å². The van der Waals surface area contributed by atoms with Crippen LogP contribution in [-0.2, 0) is 0 Å². The topological polar surface area (TPSA) is 194 Å². The van der Waals surface area contributed by atoms with Crippen LogP contribution < -0.4 is 0 Å². The van der Waals surface area contributed by atoms with Crippen LogP contribution in [0.5, 0.6) is 0 Å². The van der Waals surface area contributed by atoms with E-state index in [1.807, 2.05) is 213 Å². The van der Waals surface area contributed by atoms with Crippen molar-refractivity contribution in [2.75, 3.05) is 0 Å². The van der Waals surface area contributed by atoms with Gasteiger partial charge in [0.25, 0.3) is 0 Å². The van der Waals surface area contributed by atoms with Gasteiger partial charge in [-0.3, -0.25) is 42.1 Å². The fourth-order valence-electron chi connectivity index (χ4n) is 12.4. The first kappa shape index (κ1) is 77.1. The fraction of sp³-hybridized carbons (Fsp3) is 0.0455. The minimum Gasteiger partial charge on any atom is -0.389 e. The molecule has 0 saturated heterocycles. The van der Waals surface area contributed by atoms with Crippen LogP contribution in [0.2, 0.25) is 0 Å². The second-order valence-corrected chi connectivity index (χ2v) is 31.1. The third-order valence-corrected chi connectivity index (χ3v) is 20.9. The van der Waals surface area contributed by atoms with Gasteiger partial charge in [-0.15, -0.1) is 0 Å². The van der Waals surface area contributed by atoms with Crippen molar-refractivity contribution in [1.29, 1.82) is 0 Å². The van der Waals surface area contributed by atoms with Gasteiger partial charge in [0.1, 0.15) is 44.3 Å². The van der Waals surface area contributed by atoms with Gasteiger partial charge in [0.05, 0.1) is 84.6 Å². The number of aldehydes is 1. The number of carbonyl (C=O) groups is 2. The standard InChI is InChI=1S/C16H11BrN4.C15H13BrN2O.C15H11BrN2O.C14H8BrN3.C14H9BrN2O.C14H11BrN2/c17-12-2-1-3-13(9-12)21-10-18-15-8-11(4-5-16(15)21)14-6-7-19-20-14;2*1-10(19)11-5-6-15-14(7-11)17-9-18(15)13-4-2-3-12(16)8-13;1-16-11-5-6-14-13(8-11)17-9-18(14)12-4-2-3-10(15)7-12;15-11-2-1-3-12(7-11)17-9-16-13-6-10(8-18)4-5-14(13)17;1-10-5-6-14-13(7-10)16-9-17(14)12-4-2-3-11(15)8-12/h1-10H,(H,19,20);2-10,19H,1H3;2-9H,1H3;2-9H;1-9H;2-9H,1H3. The van der Waals surface area contributed by atoms with Crippen molar-refractivity contribution in [2.45, 2.75) is 26.9 Å². The molecule has 1 unspecified atom stereocenters. The third-order valence-electron chi connectivity index (χ3n) is 18.0. The maximum atomic E-state index is 11.4. The molecular weight excluding hydrogens is 1790 g/mol. The highest BCUT2D eigenvalue weighted by molar-refractivity contribution is 9.11. The summed E-state index contributed by atoms with van der Waals surface area (Å²) in [4.78, 5) is 51.9. The number of ketones is 1. The number of H-pyrrole nitrogens is 1. The summed E-state index contributed by atoms with van der Waals surface area (Å²) in [6, 6.07) is 85.4. The maximum Gasteiger partial charge on any atom is 0.189 e. The molecule has 18 nitrogen and oxygen atoms in total. The van der Waals surface area contributed by atoms with Gasteiger partial charge in [-0.05, 0) is 232 Å². The number of aromatic amines is 1. The molecule has 0 aliphatic heterocycles. The number of imidazole rings is 6. The van der Waals surface area contributed by atoms with Crippen LogP contribution in [0.25, 0.3) is 116 Å². The molecule has 12 aromatic carbocycles. The lowest BCUT2D eigenvalue weighted by Crippen LogP contribution is -1.93. The Hall–Kier alpha value is -11.7. The lowest BCUT2D eigenvalue weighted by Gasteiger charge is -2.07. The van der Waals surface area contributed by atoms with Crippen molar-refractivity contribution in [2.24, 2.45) is 0 Å². The van der Waals surface area contributed by atoms with Gasteiger partial charge in [-0.2, -0.15) is 5.10 Å². The number of Topliss-reactive ketones (excluding diaryl/α,β-unsaturated/α-hetero) is 1. The number of nitrogens with zero attached hydrogens (tertiary/aromatic N) is 14. The molecule has 0 spiro atoms. The molecule has 1 atom stereocenters. The number of aryl methyl sites for hydroxylation is 1. The Bertz CT molecular complexity index is 6670. The largest absolute Gasteiger partial charge is 0.389 e. The lowest BCUT2D eigenvalue weighted by atomic mass is 10.1. The van der Waals surface area contributed by atoms with Gasteiger partial charge in [0.2, 0.25) is 0 Å². The number of nitrogens with one attached hydrogen (secondary N) is 1. The fourth-order valence-corrected chi connectivity index (χ4v) is 14.7. The molecule has 0 amide bonds. The van der Waals surface area contributed by atoms with Gasteiger partial charge >= 0.3 is 0 Å². The van der Waals surface area contributed by atoms with E-state index in [1.165, 1.54) is 5.56 Å². The highest BCUT2D eigenvalue weighted by Crippen LogP contribution is 2.31. The van der Waals surface area contributed by atoms with Crippen LogP contribution in [0.4, 0.5) is 5.69 Å². The number of aromatic nitrogens is 14. The first-order valence-corrected chi connectivity index (χ1v) is 39.5. The summed E-state index contributed by atoms with van der Waals surface area (Å²) in [5, 5.41) is 16.6. The van der Waals surface area contributed by atoms with E-state index >= 15 is 0 Å². The molecule has 550 valence electrons. The van der Waals surface area contributed by atoms with Crippen LogP contribution in [-0.4, -0.2) is 84.7 Å². The van der Waals surface area contributed by atoms with Crippen LogP contribution in [0.1, 0.15) is 51.8 Å². The van der Waals surface area contributed by atoms with Gasteiger partial charge in [0, 0.05) is 83.8 Å². The zero-order chi connectivity index (χ0) is 77.9. The number of halogens is 6. The molecular formula is C88H63Br6N15O3. The van der Waals surface area contributed by atoms with Crippen LogP contribution in [0.15, 0.2) is 332 Å². The average molecular weight is 1860 g/mol. The molecule has 0 aliphatic carbocycles. The summed E-state index contributed by atoms with van der Waals surface area (Å²) in [6.07, 6.45) is 12.9. The molecule has 0 saturated carbocycles. The Kier molecular flexibility index (Phi) is 24.2. The molecule has 24 heteroatoms. The minimum absolute atomic E-state index is 0.0545. The Morgan fingerprint density at radius 3 is 1.13 bits per heavy atom. The van der Waals surface area contributed by atoms with Gasteiger partial charge in [-0.25, -0.2) is 34.7 Å². The number of benzene rings is 12. The average Bonchev–Trinajstić information content (AvgIpc) is 1.66. The van der Waals surface area contributed by atoms with Crippen molar-refractivity contribution in [1.82, 2.24) is 67.5 Å². The van der Waals surface area contributed by atoms with Crippen molar-refractivity contribution in [3.8, 4) is 45.4 Å². The van der Waals surface area contributed by atoms with E-state index in [0.717, 1.165) is 150 Å². The number of aliphatic hydroxyl groups excluding tert-OH is 1. The summed E-state index contributed by atoms with van der Waals surface area (Å²) >= 11 is 20.8. The second-order valence-electron chi connectivity index (χ2n) is 25.6. The summed E-state index contributed by atoms with van der Waals surface area (Å²) < 4.78 is 18.4. The Morgan fingerprint density at radius 2 is 0.759 bits per heavy atom. The Labute approximate surface area is 693 Å². The number of rotatable bonds is 10. The normalized spacial score (nSPS) is 11.2. The highest BCUT2D eigenvalue weighted by Gasteiger charge is 2.14. The number of hydrogen-bond acceptors (Lipinski definition) is 10. The third kappa shape index (κ3) is 18.0. The van der Waals surface area contributed by atoms with E-state index in [4.69, 9.17) is 6.57 Å². The second kappa shape index (κ2) is 35.1. The number of carbonyl (C=O) groups excluding carboxylic acids is 2. The molecule has 112 heavy (non-hydrogen) atoms. The molecule has 7 aromatic heterocycles. The molecule has 19 rings (SSSR count). The van der Waals surface area contributed by atoms with Crippen LogP contribution in [0, 0.1) is 13.5 Å². The highest BCUT2D eigenvalue weighted by atomic mass is 79.9. The number of fused-ring (bicyclic) bond motifs is 6. The van der Waals surface area contributed by atoms with E-state index in [2.05, 4.69) is 217 Å². The lowest BCUT2D eigenvalue weighted by molar-refractivity contribution is 0.101. The van der Waals surface area contributed by atoms with Crippen molar-refractivity contribution in [3.63, 3.8) is 0 Å². The number of aliphatic hydroxyl groups is 1.